The van der Waals surface area contributed by atoms with Crippen LogP contribution >= 0.6 is 11.9 Å². The molecule has 1 atom stereocenters. The van der Waals surface area contributed by atoms with E-state index in [0.717, 1.165) is 12.8 Å². The lowest BCUT2D eigenvalue weighted by molar-refractivity contribution is 0.254. The topological polar surface area (TPSA) is 55.1 Å². The molecule has 0 bridgehead atoms. The van der Waals surface area contributed by atoms with Crippen molar-refractivity contribution in [2.45, 2.75) is 24.5 Å². The lowest BCUT2D eigenvalue weighted by Crippen LogP contribution is -2.24. The fraction of sp³-hybridized carbons (Fsp3) is 0.364. The van der Waals surface area contributed by atoms with Gasteiger partial charge in [-0.3, -0.25) is 4.72 Å². The number of nitrogens with two attached hydrogens (primary N) is 1. The molecule has 0 radical (unpaired) electrons. The molecule has 2 amide bonds. The van der Waals surface area contributed by atoms with Crippen molar-refractivity contribution < 1.29 is 4.79 Å². The molecule has 1 unspecified atom stereocenters. The number of fused-ring (bicyclic) bond motifs is 1. The van der Waals surface area contributed by atoms with E-state index in [-0.39, 0.29) is 0 Å². The van der Waals surface area contributed by atoms with Crippen molar-refractivity contribution in [3.8, 4) is 0 Å². The average Bonchev–Trinajstić information content (AvgIpc) is 2.26. The summed E-state index contributed by atoms with van der Waals surface area (Å²) in [7, 11) is 0. The van der Waals surface area contributed by atoms with Crippen LogP contribution in [0.5, 0.6) is 0 Å². The van der Waals surface area contributed by atoms with Gasteiger partial charge in [0.15, 0.2) is 0 Å². The van der Waals surface area contributed by atoms with E-state index in [1.807, 2.05) is 6.07 Å². The van der Waals surface area contributed by atoms with Crippen LogP contribution < -0.4 is 10.5 Å². The minimum Gasteiger partial charge on any atom is -0.351 e. The summed E-state index contributed by atoms with van der Waals surface area (Å²) in [6, 6.07) is 7.93. The van der Waals surface area contributed by atoms with Crippen LogP contribution in [0.1, 0.15) is 29.2 Å². The van der Waals surface area contributed by atoms with E-state index in [2.05, 4.69) is 22.9 Å². The molecule has 1 aliphatic carbocycles. The zero-order valence-corrected chi connectivity index (χ0v) is 9.22. The molecule has 0 aliphatic heterocycles. The van der Waals surface area contributed by atoms with Crippen LogP contribution in [0.15, 0.2) is 24.3 Å². The van der Waals surface area contributed by atoms with Crippen molar-refractivity contribution in [1.29, 1.82) is 0 Å². The Morgan fingerprint density at radius 1 is 1.47 bits per heavy atom. The van der Waals surface area contributed by atoms with Crippen molar-refractivity contribution in [2.24, 2.45) is 5.73 Å². The summed E-state index contributed by atoms with van der Waals surface area (Å²) in [4.78, 5) is 10.6. The van der Waals surface area contributed by atoms with E-state index >= 15 is 0 Å². The number of carbonyl (C=O) groups excluding carboxylic acids is 1. The first-order valence-corrected chi connectivity index (χ1v) is 5.94. The van der Waals surface area contributed by atoms with Crippen LogP contribution in [-0.2, 0) is 6.42 Å². The van der Waals surface area contributed by atoms with Crippen molar-refractivity contribution in [3.05, 3.63) is 35.4 Å². The number of benzene rings is 1. The SMILES string of the molecule is NC(=O)NSC1CCCc2ccccc21. The molecule has 3 nitrogen and oxygen atoms in total. The molecule has 0 heterocycles. The number of hydrogen-bond donors (Lipinski definition) is 2. The number of carbonyl (C=O) groups is 1. The average molecular weight is 222 g/mol. The lowest BCUT2D eigenvalue weighted by atomic mass is 9.91. The number of primary amides is 1. The van der Waals surface area contributed by atoms with Crippen LogP contribution in [-0.4, -0.2) is 6.03 Å². The molecule has 1 aromatic rings. The molecule has 80 valence electrons. The summed E-state index contributed by atoms with van der Waals surface area (Å²) >= 11 is 1.42. The third-order valence-corrected chi connectivity index (χ3v) is 3.71. The normalized spacial score (nSPS) is 19.3. The summed E-state index contributed by atoms with van der Waals surface area (Å²) in [5.41, 5.74) is 7.79. The molecule has 4 heteroatoms. The maximum Gasteiger partial charge on any atom is 0.322 e. The van der Waals surface area contributed by atoms with Gasteiger partial charge in [0, 0.05) is 5.25 Å². The van der Waals surface area contributed by atoms with Crippen LogP contribution in [0.2, 0.25) is 0 Å². The van der Waals surface area contributed by atoms with Crippen LogP contribution in [0.4, 0.5) is 4.79 Å². The molecule has 0 fully saturated rings. The molecule has 0 saturated heterocycles. The molecular formula is C11H14N2OS. The highest BCUT2D eigenvalue weighted by Crippen LogP contribution is 2.37. The second kappa shape index (κ2) is 4.57. The Labute approximate surface area is 93.6 Å². The second-order valence-electron chi connectivity index (χ2n) is 3.66. The lowest BCUT2D eigenvalue weighted by Gasteiger charge is -2.24. The van der Waals surface area contributed by atoms with E-state index < -0.39 is 6.03 Å². The number of hydrogen-bond acceptors (Lipinski definition) is 2. The van der Waals surface area contributed by atoms with Gasteiger partial charge in [0.2, 0.25) is 0 Å². The predicted octanol–water partition coefficient (Wildman–Crippen LogP) is 2.38. The third kappa shape index (κ3) is 2.45. The van der Waals surface area contributed by atoms with E-state index in [0.29, 0.717) is 5.25 Å². The van der Waals surface area contributed by atoms with Gasteiger partial charge in [-0.25, -0.2) is 4.79 Å². The van der Waals surface area contributed by atoms with Crippen molar-refractivity contribution in [1.82, 2.24) is 4.72 Å². The van der Waals surface area contributed by atoms with Gasteiger partial charge < -0.3 is 5.73 Å². The van der Waals surface area contributed by atoms with Gasteiger partial charge in [-0.1, -0.05) is 24.3 Å². The van der Waals surface area contributed by atoms with Crippen molar-refractivity contribution in [3.63, 3.8) is 0 Å². The van der Waals surface area contributed by atoms with E-state index in [1.54, 1.807) is 0 Å². The maximum atomic E-state index is 10.6. The number of amides is 2. The molecule has 0 spiro atoms. The minimum absolute atomic E-state index is 0.349. The minimum atomic E-state index is -0.469. The standard InChI is InChI=1S/C11H14N2OS/c12-11(14)13-15-10-7-3-5-8-4-1-2-6-9(8)10/h1-2,4,6,10H,3,5,7H2,(H3,12,13,14). The van der Waals surface area contributed by atoms with Crippen LogP contribution in [0.3, 0.4) is 0 Å². The summed E-state index contributed by atoms with van der Waals surface area (Å²) in [6.45, 7) is 0. The molecule has 0 aromatic heterocycles. The van der Waals surface area contributed by atoms with Gasteiger partial charge in [-0.05, 0) is 42.3 Å². The van der Waals surface area contributed by atoms with Gasteiger partial charge in [0.1, 0.15) is 0 Å². The van der Waals surface area contributed by atoms with Crippen LogP contribution in [0, 0.1) is 0 Å². The molecule has 1 aliphatic rings. The largest absolute Gasteiger partial charge is 0.351 e. The van der Waals surface area contributed by atoms with Gasteiger partial charge in [-0.2, -0.15) is 0 Å². The summed E-state index contributed by atoms with van der Waals surface area (Å²) in [6.07, 6.45) is 3.42. The Balaban J connectivity index is 2.11. The zero-order chi connectivity index (χ0) is 10.7. The fourth-order valence-corrected chi connectivity index (χ4v) is 2.86. The maximum absolute atomic E-state index is 10.6. The Bertz CT molecular complexity index is 367. The first kappa shape index (κ1) is 10.4. The Morgan fingerprint density at radius 3 is 3.07 bits per heavy atom. The molecule has 0 saturated carbocycles. The van der Waals surface area contributed by atoms with Crippen molar-refractivity contribution >= 4 is 18.0 Å². The molecule has 2 rings (SSSR count). The number of aryl methyl sites for hydroxylation is 1. The first-order valence-electron chi connectivity index (χ1n) is 5.06. The molecule has 3 N–H and O–H groups in total. The van der Waals surface area contributed by atoms with Gasteiger partial charge >= 0.3 is 6.03 Å². The number of urea groups is 1. The zero-order valence-electron chi connectivity index (χ0n) is 8.40. The van der Waals surface area contributed by atoms with Gasteiger partial charge in [0.05, 0.1) is 0 Å². The molecular weight excluding hydrogens is 208 g/mol. The Hall–Kier alpha value is -1.16. The first-order chi connectivity index (χ1) is 7.27. The molecule has 15 heavy (non-hydrogen) atoms. The quantitative estimate of drug-likeness (QED) is 0.755. The van der Waals surface area contributed by atoms with Crippen LogP contribution in [0.25, 0.3) is 0 Å². The highest BCUT2D eigenvalue weighted by atomic mass is 32.2. The highest BCUT2D eigenvalue weighted by Gasteiger charge is 2.20. The summed E-state index contributed by atoms with van der Waals surface area (Å²) in [5, 5.41) is 0.349. The Kier molecular flexibility index (Phi) is 3.16. The predicted molar refractivity (Wildman–Crippen MR) is 62.4 cm³/mol. The molecule has 1 aromatic carbocycles. The van der Waals surface area contributed by atoms with Gasteiger partial charge in [-0.15, -0.1) is 0 Å². The highest BCUT2D eigenvalue weighted by molar-refractivity contribution is 7.98. The third-order valence-electron chi connectivity index (χ3n) is 2.62. The van der Waals surface area contributed by atoms with Crippen molar-refractivity contribution in [2.75, 3.05) is 0 Å². The number of rotatable bonds is 2. The monoisotopic (exact) mass is 222 g/mol. The second-order valence-corrected chi connectivity index (χ2v) is 4.67. The smallest absolute Gasteiger partial charge is 0.322 e. The Morgan fingerprint density at radius 2 is 2.27 bits per heavy atom. The van der Waals surface area contributed by atoms with Gasteiger partial charge in [0.25, 0.3) is 0 Å². The fourth-order valence-electron chi connectivity index (χ4n) is 1.96. The summed E-state index contributed by atoms with van der Waals surface area (Å²) in [5.74, 6) is 0. The number of nitrogens with one attached hydrogen (secondary N) is 1. The van der Waals surface area contributed by atoms with E-state index in [4.69, 9.17) is 5.73 Å². The summed E-state index contributed by atoms with van der Waals surface area (Å²) < 4.78 is 2.61. The van der Waals surface area contributed by atoms with E-state index in [1.165, 1.54) is 29.5 Å². The van der Waals surface area contributed by atoms with E-state index in [9.17, 15) is 4.79 Å².